The monoisotopic (exact) mass is 756 g/mol. The van der Waals surface area contributed by atoms with Gasteiger partial charge >= 0.3 is 0 Å². The molecule has 1 aromatic rings. The van der Waals surface area contributed by atoms with Crippen LogP contribution in [0.4, 0.5) is 0 Å². The maximum atomic E-state index is 8.70. The molecule has 0 unspecified atom stereocenters. The lowest BCUT2D eigenvalue weighted by atomic mass is 9.65. The molecular weight excluding hydrogens is 667 g/mol. The van der Waals surface area contributed by atoms with Crippen molar-refractivity contribution in [2.75, 3.05) is 12.9 Å². The molecule has 0 aliphatic heterocycles. The summed E-state index contributed by atoms with van der Waals surface area (Å²) in [5.74, 6) is 6.62. The minimum Gasteiger partial charge on any atom is -0.477 e. The zero-order valence-electron chi connectivity index (χ0n) is 34.3. The highest BCUT2D eigenvalue weighted by molar-refractivity contribution is 7.98. The van der Waals surface area contributed by atoms with Crippen molar-refractivity contribution in [1.82, 2.24) is 9.97 Å². The average molecular weight is 756 g/mol. The van der Waals surface area contributed by atoms with Gasteiger partial charge in [-0.25, -0.2) is 4.98 Å². The maximum absolute atomic E-state index is 8.70. The van der Waals surface area contributed by atoms with Crippen LogP contribution >= 0.6 is 11.8 Å². The molecule has 0 saturated heterocycles. The van der Waals surface area contributed by atoms with E-state index in [2.05, 4.69) is 84.3 Å². The van der Waals surface area contributed by atoms with Gasteiger partial charge in [-0.1, -0.05) is 166 Å². The summed E-state index contributed by atoms with van der Waals surface area (Å²) in [4.78, 5) is 8.54. The Morgan fingerprint density at radius 2 is 1.32 bits per heavy atom. The molecule has 0 amide bonds. The number of rotatable bonds is 8. The van der Waals surface area contributed by atoms with Gasteiger partial charge in [0.25, 0.3) is 0 Å². The fourth-order valence-corrected chi connectivity index (χ4v) is 9.44. The van der Waals surface area contributed by atoms with Gasteiger partial charge in [-0.2, -0.15) is 10.2 Å². The van der Waals surface area contributed by atoms with Crippen molar-refractivity contribution < 1.29 is 4.74 Å². The molecule has 2 atom stereocenters. The van der Waals surface area contributed by atoms with E-state index in [4.69, 9.17) is 16.4 Å². The Bertz CT molecular complexity index is 1160. The molecule has 4 aliphatic carbocycles. The molecule has 0 N–H and O–H groups in total. The van der Waals surface area contributed by atoms with Crippen LogP contribution in [0, 0.1) is 69.0 Å². The smallest absolute Gasteiger partial charge is 0.217 e. The topological polar surface area (TPSA) is 58.8 Å². The first-order chi connectivity index (χ1) is 23.7. The van der Waals surface area contributed by atoms with E-state index in [0.29, 0.717) is 29.0 Å². The van der Waals surface area contributed by atoms with Crippen LogP contribution in [-0.2, 0) is 0 Å². The molecule has 0 radical (unpaired) electrons. The first kappa shape index (κ1) is 53.4. The quantitative estimate of drug-likeness (QED) is 0.150. The number of hydrogen-bond donors (Lipinski definition) is 0. The Balaban J connectivity index is 0. The summed E-state index contributed by atoms with van der Waals surface area (Å²) in [6, 6.07) is 4.23. The number of hydrogen-bond acceptors (Lipinski definition) is 5. The van der Waals surface area contributed by atoms with Crippen molar-refractivity contribution in [1.29, 1.82) is 5.26 Å². The van der Waals surface area contributed by atoms with E-state index in [1.54, 1.807) is 18.0 Å². The number of ether oxygens (including phenoxy) is 1. The largest absolute Gasteiger partial charge is 0.477 e. The molecular formula is C48H89N3OS. The molecule has 4 nitrogen and oxygen atoms in total. The second-order valence-electron chi connectivity index (χ2n) is 17.6. The molecule has 0 bridgehead atoms. The van der Waals surface area contributed by atoms with Crippen molar-refractivity contribution in [3.05, 3.63) is 12.3 Å². The normalized spacial score (nSPS) is 23.6. The lowest BCUT2D eigenvalue weighted by Crippen LogP contribution is -2.31. The van der Waals surface area contributed by atoms with Crippen molar-refractivity contribution in [3.8, 4) is 24.3 Å². The van der Waals surface area contributed by atoms with E-state index < -0.39 is 0 Å². The Morgan fingerprint density at radius 1 is 0.792 bits per heavy atom. The molecule has 1 aromatic heterocycles. The molecule has 5 heteroatoms. The van der Waals surface area contributed by atoms with E-state index >= 15 is 0 Å². The van der Waals surface area contributed by atoms with Crippen LogP contribution in [0.2, 0.25) is 0 Å². The third-order valence-electron chi connectivity index (χ3n) is 13.9. The van der Waals surface area contributed by atoms with Gasteiger partial charge in [-0.3, -0.25) is 0 Å². The van der Waals surface area contributed by atoms with E-state index in [0.717, 1.165) is 35.9 Å². The highest BCUT2D eigenvalue weighted by atomic mass is 32.2. The molecule has 308 valence electrons. The van der Waals surface area contributed by atoms with Gasteiger partial charge in [0.15, 0.2) is 5.16 Å². The third-order valence-corrected chi connectivity index (χ3v) is 14.4. The molecule has 4 saturated carbocycles. The number of thioether (sulfide) groups is 1. The number of nitriles is 1. The fourth-order valence-electron chi connectivity index (χ4n) is 9.10. The van der Waals surface area contributed by atoms with Gasteiger partial charge in [0.05, 0.1) is 18.1 Å². The van der Waals surface area contributed by atoms with Gasteiger partial charge in [0.2, 0.25) is 5.88 Å². The molecule has 5 rings (SSSR count). The molecule has 53 heavy (non-hydrogen) atoms. The standard InChI is InChI=1S/C15H24N2OS.C11H22.C11H18.C8H13N.3CH4/c1-11(2)15(3)8-5-6-12(15)10-18-13-7-9-16-14(17-13)19-4;2*1-4-11(10(2)3)8-6-5-7-9-11;1-8(7-9)5-3-2-4-6-8;;;/h7,9,11-12H,5-6,8,10H2,1-4H3;10H,4-9H2,1-3H3;1,10H,5-9H2,2-3H3;2-6H2,1H3;3*1H4/t12-,15+;;;;;;/m1....../s1. The maximum Gasteiger partial charge on any atom is 0.217 e. The van der Waals surface area contributed by atoms with E-state index in [1.165, 1.54) is 109 Å². The summed E-state index contributed by atoms with van der Waals surface area (Å²) in [5.41, 5.74) is 1.41. The van der Waals surface area contributed by atoms with E-state index in [-0.39, 0.29) is 33.1 Å². The first-order valence-electron chi connectivity index (χ1n) is 20.6. The lowest BCUT2D eigenvalue weighted by Gasteiger charge is -2.40. The van der Waals surface area contributed by atoms with Crippen molar-refractivity contribution >= 4 is 11.8 Å². The van der Waals surface area contributed by atoms with Crippen molar-refractivity contribution in [3.63, 3.8) is 0 Å². The third kappa shape index (κ3) is 16.1. The zero-order valence-corrected chi connectivity index (χ0v) is 35.2. The van der Waals surface area contributed by atoms with Crippen LogP contribution in [0.5, 0.6) is 5.88 Å². The SMILES string of the molecule is C.C.C.C#CC1(C(C)C)CCCCC1.CC1(C#N)CCCCC1.CCC1(C(C)C)CCCCC1.CSc1nccc(OC[C@H]2CCC[C@@]2(C)C(C)C)n1. The van der Waals surface area contributed by atoms with Gasteiger partial charge in [0, 0.05) is 17.7 Å². The second kappa shape index (κ2) is 26.2. The Hall–Kier alpha value is -1.72. The molecule has 1 heterocycles. The molecule has 4 aliphatic rings. The number of aromatic nitrogens is 2. The van der Waals surface area contributed by atoms with Gasteiger partial charge < -0.3 is 4.74 Å². The van der Waals surface area contributed by atoms with Crippen molar-refractivity contribution in [2.45, 2.75) is 212 Å². The first-order valence-corrected chi connectivity index (χ1v) is 21.9. The highest BCUT2D eigenvalue weighted by Crippen LogP contribution is 2.48. The van der Waals surface area contributed by atoms with Crippen LogP contribution in [0.15, 0.2) is 17.4 Å². The zero-order chi connectivity index (χ0) is 37.3. The minimum absolute atomic E-state index is 0. The van der Waals surface area contributed by atoms with E-state index in [9.17, 15) is 0 Å². The summed E-state index contributed by atoms with van der Waals surface area (Å²) in [6.45, 7) is 21.6. The van der Waals surface area contributed by atoms with Gasteiger partial charge in [-0.15, -0.1) is 6.42 Å². The van der Waals surface area contributed by atoms with E-state index in [1.807, 2.05) is 12.3 Å². The van der Waals surface area contributed by atoms with Crippen molar-refractivity contribution in [2.24, 2.45) is 45.3 Å². The molecule has 4 fully saturated rings. The average Bonchev–Trinajstić information content (AvgIpc) is 3.53. The predicted octanol–water partition coefficient (Wildman–Crippen LogP) is 15.7. The fraction of sp³-hybridized carbons (Fsp3) is 0.854. The number of nitrogens with zero attached hydrogens (tertiary/aromatic N) is 3. The summed E-state index contributed by atoms with van der Waals surface area (Å²) in [5, 5.41) is 9.47. The summed E-state index contributed by atoms with van der Waals surface area (Å²) >= 11 is 1.54. The number of terminal acetylenes is 1. The van der Waals surface area contributed by atoms with Gasteiger partial charge in [-0.05, 0) is 99.0 Å². The van der Waals surface area contributed by atoms with Crippen LogP contribution in [0.3, 0.4) is 0 Å². The van der Waals surface area contributed by atoms with Crippen LogP contribution in [0.25, 0.3) is 0 Å². The second-order valence-corrected chi connectivity index (χ2v) is 18.4. The Morgan fingerprint density at radius 3 is 1.70 bits per heavy atom. The summed E-state index contributed by atoms with van der Waals surface area (Å²) < 4.78 is 5.91. The Labute approximate surface area is 337 Å². The van der Waals surface area contributed by atoms with Gasteiger partial charge in [0.1, 0.15) is 0 Å². The summed E-state index contributed by atoms with van der Waals surface area (Å²) in [6.07, 6.45) is 34.7. The van der Waals surface area contributed by atoms with Crippen LogP contribution in [0.1, 0.15) is 207 Å². The van der Waals surface area contributed by atoms with Crippen LogP contribution in [-0.4, -0.2) is 22.8 Å². The predicted molar refractivity (Wildman–Crippen MR) is 236 cm³/mol. The minimum atomic E-state index is 0. The van der Waals surface area contributed by atoms with Crippen LogP contribution < -0.4 is 4.74 Å². The molecule has 0 aromatic carbocycles. The lowest BCUT2D eigenvalue weighted by molar-refractivity contribution is 0.0959. The highest BCUT2D eigenvalue weighted by Gasteiger charge is 2.41. The summed E-state index contributed by atoms with van der Waals surface area (Å²) in [7, 11) is 0. The molecule has 0 spiro atoms. The Kier molecular flexibility index (Phi) is 26.4.